The molecule has 2 N–H and O–H groups in total. The second-order valence-corrected chi connectivity index (χ2v) is 10.2. The quantitative estimate of drug-likeness (QED) is 0.338. The fraction of sp³-hybridized carbons (Fsp3) is 0.250. The number of H-pyrrole nitrogens is 1. The Morgan fingerprint density at radius 2 is 1.70 bits per heavy atom. The van der Waals surface area contributed by atoms with Crippen LogP contribution in [0, 0.1) is 11.8 Å². The number of aromatic amines is 1. The van der Waals surface area contributed by atoms with Crippen molar-refractivity contribution in [1.82, 2.24) is 9.88 Å². The van der Waals surface area contributed by atoms with Crippen molar-refractivity contribution in [1.29, 1.82) is 0 Å². The van der Waals surface area contributed by atoms with Gasteiger partial charge in [0.2, 0.25) is 5.91 Å². The third-order valence-corrected chi connectivity index (χ3v) is 7.96. The molecular formula is C32H28N2O3. The summed E-state index contributed by atoms with van der Waals surface area (Å²) in [5.74, 6) is 6.19. The highest BCUT2D eigenvalue weighted by molar-refractivity contribution is 5.99. The van der Waals surface area contributed by atoms with Gasteiger partial charge in [0.25, 0.3) is 0 Å². The summed E-state index contributed by atoms with van der Waals surface area (Å²) in [5.41, 5.74) is 5.51. The van der Waals surface area contributed by atoms with E-state index in [0.717, 1.165) is 47.7 Å². The van der Waals surface area contributed by atoms with E-state index in [4.69, 9.17) is 0 Å². The minimum Gasteiger partial charge on any atom is -0.478 e. The van der Waals surface area contributed by atoms with Gasteiger partial charge in [-0.3, -0.25) is 4.79 Å². The van der Waals surface area contributed by atoms with Crippen LogP contribution in [0.5, 0.6) is 0 Å². The number of carboxylic acid groups (broad SMARTS) is 1. The average molecular weight is 489 g/mol. The van der Waals surface area contributed by atoms with E-state index in [1.807, 2.05) is 48.7 Å². The van der Waals surface area contributed by atoms with E-state index in [1.165, 1.54) is 5.56 Å². The molecule has 0 saturated carbocycles. The lowest BCUT2D eigenvalue weighted by Crippen LogP contribution is -2.44. The van der Waals surface area contributed by atoms with Gasteiger partial charge in [0, 0.05) is 47.4 Å². The van der Waals surface area contributed by atoms with E-state index in [9.17, 15) is 14.7 Å². The molecule has 1 aromatic heterocycles. The summed E-state index contributed by atoms with van der Waals surface area (Å²) in [6.45, 7) is 1.69. The second-order valence-electron chi connectivity index (χ2n) is 10.2. The summed E-state index contributed by atoms with van der Waals surface area (Å²) in [6.07, 6.45) is 6.15. The number of hydrogen-bond donors (Lipinski definition) is 2. The molecule has 0 radical (unpaired) electrons. The van der Waals surface area contributed by atoms with Gasteiger partial charge < -0.3 is 15.0 Å². The minimum atomic E-state index is -0.973. The van der Waals surface area contributed by atoms with Gasteiger partial charge in [-0.2, -0.15) is 0 Å². The zero-order chi connectivity index (χ0) is 25.5. The minimum absolute atomic E-state index is 0.204. The highest BCUT2D eigenvalue weighted by Gasteiger charge is 2.42. The molecule has 5 heteroatoms. The third kappa shape index (κ3) is 4.29. The summed E-state index contributed by atoms with van der Waals surface area (Å²) in [5, 5.41) is 10.9. The maximum atomic E-state index is 12.1. The standard InChI is InChI=1S/C32H28N2O3/c1-20(35)34-27-13-14-28(34)18-26(17-27)22-8-5-21(6-9-22)7-10-24-3-2-4-29(32(36)37)31(24)25-12-11-23-15-16-33-30(23)19-25/h2-6,8-9,11-12,15-16,19,26-28,33H,13-14,17-18H2,1H3,(H,36,37). The molecule has 0 aliphatic carbocycles. The summed E-state index contributed by atoms with van der Waals surface area (Å²) in [7, 11) is 0. The van der Waals surface area contributed by atoms with Gasteiger partial charge in [-0.05, 0) is 84.5 Å². The number of rotatable bonds is 3. The van der Waals surface area contributed by atoms with Crippen LogP contribution in [0.1, 0.15) is 65.6 Å². The summed E-state index contributed by atoms with van der Waals surface area (Å²) < 4.78 is 0. The Bertz CT molecular complexity index is 1560. The number of aromatic nitrogens is 1. The molecule has 2 atom stereocenters. The predicted molar refractivity (Wildman–Crippen MR) is 144 cm³/mol. The van der Waals surface area contributed by atoms with Crippen molar-refractivity contribution < 1.29 is 14.7 Å². The molecule has 2 saturated heterocycles. The van der Waals surface area contributed by atoms with Crippen molar-refractivity contribution in [2.24, 2.45) is 0 Å². The van der Waals surface area contributed by atoms with E-state index in [2.05, 4.69) is 33.9 Å². The van der Waals surface area contributed by atoms with Crippen LogP contribution in [-0.4, -0.2) is 39.0 Å². The van der Waals surface area contributed by atoms with Gasteiger partial charge in [-0.1, -0.05) is 42.2 Å². The SMILES string of the molecule is CC(=O)N1C2CCC1CC(c1ccc(C#Cc3cccc(C(=O)O)c3-c3ccc4cc[nH]c4c3)cc1)C2. The molecule has 2 unspecified atom stereocenters. The summed E-state index contributed by atoms with van der Waals surface area (Å²) in [6, 6.07) is 22.3. The van der Waals surface area contributed by atoms with Crippen LogP contribution in [-0.2, 0) is 4.79 Å². The number of nitrogens with one attached hydrogen (secondary N) is 1. The lowest BCUT2D eigenvalue weighted by Gasteiger charge is -2.38. The van der Waals surface area contributed by atoms with E-state index < -0.39 is 5.97 Å². The Morgan fingerprint density at radius 1 is 0.946 bits per heavy atom. The first-order valence-corrected chi connectivity index (χ1v) is 12.8. The normalized spacial score (nSPS) is 20.5. The molecule has 1 amide bonds. The van der Waals surface area contributed by atoms with Gasteiger partial charge in [0.1, 0.15) is 0 Å². The van der Waals surface area contributed by atoms with Crippen LogP contribution in [0.15, 0.2) is 72.9 Å². The molecule has 0 spiro atoms. The van der Waals surface area contributed by atoms with Crippen molar-refractivity contribution >= 4 is 22.8 Å². The third-order valence-electron chi connectivity index (χ3n) is 7.96. The monoisotopic (exact) mass is 488 g/mol. The van der Waals surface area contributed by atoms with Crippen molar-refractivity contribution in [3.05, 3.63) is 95.2 Å². The first-order chi connectivity index (χ1) is 18.0. The molecule has 4 aromatic rings. The number of piperidine rings is 1. The molecule has 3 heterocycles. The number of fused-ring (bicyclic) bond motifs is 3. The summed E-state index contributed by atoms with van der Waals surface area (Å²) in [4.78, 5) is 29.4. The van der Waals surface area contributed by atoms with Gasteiger partial charge in [0.15, 0.2) is 0 Å². The van der Waals surface area contributed by atoms with Crippen LogP contribution in [0.3, 0.4) is 0 Å². The van der Waals surface area contributed by atoms with Gasteiger partial charge >= 0.3 is 5.97 Å². The van der Waals surface area contributed by atoms with Crippen LogP contribution < -0.4 is 0 Å². The first-order valence-electron chi connectivity index (χ1n) is 12.8. The largest absolute Gasteiger partial charge is 0.478 e. The lowest BCUT2D eigenvalue weighted by atomic mass is 9.84. The summed E-state index contributed by atoms with van der Waals surface area (Å²) >= 11 is 0. The van der Waals surface area contributed by atoms with Crippen LogP contribution in [0.4, 0.5) is 0 Å². The molecule has 2 bridgehead atoms. The zero-order valence-corrected chi connectivity index (χ0v) is 20.7. The van der Waals surface area contributed by atoms with Crippen molar-refractivity contribution in [3.63, 3.8) is 0 Å². The number of carbonyl (C=O) groups is 2. The number of hydrogen-bond acceptors (Lipinski definition) is 2. The average Bonchev–Trinajstić information content (AvgIpc) is 3.48. The Balaban J connectivity index is 1.28. The molecule has 6 rings (SSSR count). The molecule has 37 heavy (non-hydrogen) atoms. The van der Waals surface area contributed by atoms with E-state index in [1.54, 1.807) is 19.1 Å². The molecular weight excluding hydrogens is 460 g/mol. The Labute approximate surface area is 216 Å². The molecule has 2 aliphatic rings. The van der Waals surface area contributed by atoms with Crippen LogP contribution in [0.2, 0.25) is 0 Å². The Hall–Kier alpha value is -4.30. The Morgan fingerprint density at radius 3 is 2.41 bits per heavy atom. The molecule has 184 valence electrons. The molecule has 5 nitrogen and oxygen atoms in total. The van der Waals surface area contributed by atoms with Crippen molar-refractivity contribution in [2.45, 2.75) is 50.6 Å². The number of carbonyl (C=O) groups excluding carboxylic acids is 1. The highest BCUT2D eigenvalue weighted by Crippen LogP contribution is 2.43. The first kappa shape index (κ1) is 23.1. The maximum absolute atomic E-state index is 12.1. The van der Waals surface area contributed by atoms with Crippen LogP contribution >= 0.6 is 0 Å². The molecule has 3 aromatic carbocycles. The fourth-order valence-electron chi connectivity index (χ4n) is 6.29. The number of amides is 1. The van der Waals surface area contributed by atoms with Crippen molar-refractivity contribution in [3.8, 4) is 23.0 Å². The van der Waals surface area contributed by atoms with Crippen molar-refractivity contribution in [2.75, 3.05) is 0 Å². The van der Waals surface area contributed by atoms with Gasteiger partial charge in [-0.15, -0.1) is 0 Å². The zero-order valence-electron chi connectivity index (χ0n) is 20.7. The molecule has 2 aliphatic heterocycles. The van der Waals surface area contributed by atoms with Gasteiger partial charge in [0.05, 0.1) is 5.56 Å². The second kappa shape index (κ2) is 9.29. The fourth-order valence-corrected chi connectivity index (χ4v) is 6.29. The lowest BCUT2D eigenvalue weighted by molar-refractivity contribution is -0.133. The topological polar surface area (TPSA) is 73.4 Å². The smallest absolute Gasteiger partial charge is 0.336 e. The molecule has 2 fully saturated rings. The maximum Gasteiger partial charge on any atom is 0.336 e. The van der Waals surface area contributed by atoms with E-state index in [-0.39, 0.29) is 11.5 Å². The Kier molecular flexibility index (Phi) is 5.81. The van der Waals surface area contributed by atoms with E-state index >= 15 is 0 Å². The van der Waals surface area contributed by atoms with Gasteiger partial charge in [-0.25, -0.2) is 4.79 Å². The number of carboxylic acids is 1. The van der Waals surface area contributed by atoms with E-state index in [0.29, 0.717) is 29.1 Å². The predicted octanol–water partition coefficient (Wildman–Crippen LogP) is 6.19. The number of benzene rings is 3. The highest BCUT2D eigenvalue weighted by atomic mass is 16.4. The number of aromatic carboxylic acids is 1. The number of nitrogens with zero attached hydrogens (tertiary/aromatic N) is 1. The van der Waals surface area contributed by atoms with Crippen LogP contribution in [0.25, 0.3) is 22.0 Å².